The highest BCUT2D eigenvalue weighted by Gasteiger charge is 2.39. The highest BCUT2D eigenvalue weighted by atomic mass is 19.4. The smallest absolute Gasteiger partial charge is 0.467 e. The third-order valence-corrected chi connectivity index (χ3v) is 3.12. The van der Waals surface area contributed by atoms with Crippen LogP contribution in [0.15, 0.2) is 47.5 Å². The van der Waals surface area contributed by atoms with Crippen LogP contribution in [-0.2, 0) is 11.2 Å². The van der Waals surface area contributed by atoms with Crippen molar-refractivity contribution in [1.29, 1.82) is 0 Å². The maximum atomic E-state index is 13.1. The average Bonchev–Trinajstić information content (AvgIpc) is 2.46. The van der Waals surface area contributed by atoms with Gasteiger partial charge in [-0.05, 0) is 37.3 Å². The van der Waals surface area contributed by atoms with Crippen LogP contribution < -0.4 is 0 Å². The third kappa shape index (κ3) is 7.86. The quantitative estimate of drug-likeness (QED) is 0.383. The van der Waals surface area contributed by atoms with Gasteiger partial charge in [-0.15, -0.1) is 0 Å². The molecule has 0 aliphatic carbocycles. The molecule has 23 heavy (non-hydrogen) atoms. The molecule has 0 saturated carbocycles. The van der Waals surface area contributed by atoms with Crippen LogP contribution in [0.2, 0.25) is 0 Å². The summed E-state index contributed by atoms with van der Waals surface area (Å²) in [5, 5.41) is 0. The first-order chi connectivity index (χ1) is 10.8. The first-order valence-electron chi connectivity index (χ1n) is 7.78. The number of allylic oxidation sites excluding steroid dienone is 1. The molecule has 2 nitrogen and oxygen atoms in total. The lowest BCUT2D eigenvalue weighted by Crippen LogP contribution is -2.31. The van der Waals surface area contributed by atoms with Gasteiger partial charge >= 0.3 is 6.18 Å². The molecule has 1 atom stereocenters. The molecule has 0 radical (unpaired) electrons. The van der Waals surface area contributed by atoms with E-state index >= 15 is 0 Å². The van der Waals surface area contributed by atoms with Gasteiger partial charge in [-0.3, -0.25) is 0 Å². The Morgan fingerprint density at radius 1 is 1.22 bits per heavy atom. The Morgan fingerprint density at radius 3 is 2.39 bits per heavy atom. The minimum absolute atomic E-state index is 0.0447. The van der Waals surface area contributed by atoms with Crippen molar-refractivity contribution in [2.24, 2.45) is 10.9 Å². The molecule has 0 heterocycles. The number of halogens is 3. The van der Waals surface area contributed by atoms with Gasteiger partial charge in [-0.2, -0.15) is 13.2 Å². The van der Waals surface area contributed by atoms with Gasteiger partial charge in [0.2, 0.25) is 0 Å². The zero-order valence-electron chi connectivity index (χ0n) is 13.8. The number of benzene rings is 1. The van der Waals surface area contributed by atoms with Crippen LogP contribution in [0.4, 0.5) is 13.2 Å². The lowest BCUT2D eigenvalue weighted by Gasteiger charge is -2.20. The Bertz CT molecular complexity index is 507. The maximum Gasteiger partial charge on any atom is 0.468 e. The van der Waals surface area contributed by atoms with Crippen LogP contribution in [-0.4, -0.2) is 24.7 Å². The zero-order valence-corrected chi connectivity index (χ0v) is 13.8. The average molecular weight is 327 g/mol. The number of alkyl halides is 3. The van der Waals surface area contributed by atoms with Crippen LogP contribution >= 0.6 is 0 Å². The van der Waals surface area contributed by atoms with Crippen LogP contribution in [0.1, 0.15) is 32.8 Å². The fourth-order valence-corrected chi connectivity index (χ4v) is 2.11. The number of ether oxygens (including phenoxy) is 1. The summed E-state index contributed by atoms with van der Waals surface area (Å²) < 4.78 is 44.5. The molecule has 0 aliphatic rings. The van der Waals surface area contributed by atoms with Gasteiger partial charge < -0.3 is 4.74 Å². The van der Waals surface area contributed by atoms with E-state index in [2.05, 4.69) is 4.99 Å². The SMILES string of the molecule is C/C=C/[C@@H](CC(C)C)OC(=NCCc1ccccc1)C(F)(F)F. The molecule has 0 bridgehead atoms. The lowest BCUT2D eigenvalue weighted by molar-refractivity contribution is -0.0822. The first kappa shape index (κ1) is 19.3. The Labute approximate surface area is 136 Å². The third-order valence-electron chi connectivity index (χ3n) is 3.12. The number of hydrogen-bond donors (Lipinski definition) is 0. The Kier molecular flexibility index (Phi) is 7.86. The van der Waals surface area contributed by atoms with Gasteiger partial charge in [-0.25, -0.2) is 4.99 Å². The van der Waals surface area contributed by atoms with Crippen molar-refractivity contribution in [3.8, 4) is 0 Å². The van der Waals surface area contributed by atoms with Crippen LogP contribution in [0, 0.1) is 5.92 Å². The van der Waals surface area contributed by atoms with E-state index < -0.39 is 18.2 Å². The molecule has 5 heteroatoms. The molecule has 128 valence electrons. The molecule has 0 aromatic heterocycles. The second-order valence-corrected chi connectivity index (χ2v) is 5.73. The topological polar surface area (TPSA) is 21.6 Å². The second-order valence-electron chi connectivity index (χ2n) is 5.73. The minimum atomic E-state index is -4.58. The van der Waals surface area contributed by atoms with Gasteiger partial charge in [-0.1, -0.05) is 50.3 Å². The summed E-state index contributed by atoms with van der Waals surface area (Å²) in [5.74, 6) is -0.910. The Morgan fingerprint density at radius 2 is 1.87 bits per heavy atom. The van der Waals surface area contributed by atoms with E-state index in [0.717, 1.165) is 5.56 Å². The highest BCUT2D eigenvalue weighted by molar-refractivity contribution is 5.82. The molecule has 0 amide bonds. The van der Waals surface area contributed by atoms with Gasteiger partial charge in [0.15, 0.2) is 0 Å². The summed E-state index contributed by atoms with van der Waals surface area (Å²) in [6.07, 6.45) is -0.894. The van der Waals surface area contributed by atoms with Crippen LogP contribution in [0.3, 0.4) is 0 Å². The van der Waals surface area contributed by atoms with Gasteiger partial charge in [0.25, 0.3) is 5.90 Å². The normalized spacial score (nSPS) is 14.5. The summed E-state index contributed by atoms with van der Waals surface area (Å²) in [6.45, 7) is 5.69. The van der Waals surface area contributed by atoms with E-state index in [1.165, 1.54) is 0 Å². The molecule has 0 aliphatic heterocycles. The van der Waals surface area contributed by atoms with E-state index in [9.17, 15) is 13.2 Å². The standard InChI is InChI=1S/C18H24F3NO/c1-4-8-16(13-14(2)3)23-17(18(19,20)21)22-12-11-15-9-6-5-7-10-15/h4-10,14,16H,11-13H2,1-3H3/b8-4+,22-17?/t16-/m0/s1. The predicted octanol–water partition coefficient (Wildman–Crippen LogP) is 5.20. The molecule has 1 aromatic rings. The van der Waals surface area contributed by atoms with Crippen molar-refractivity contribution < 1.29 is 17.9 Å². The summed E-state index contributed by atoms with van der Waals surface area (Å²) in [5.41, 5.74) is 0.949. The van der Waals surface area contributed by atoms with Crippen LogP contribution in [0.25, 0.3) is 0 Å². The highest BCUT2D eigenvalue weighted by Crippen LogP contribution is 2.22. The summed E-state index contributed by atoms with van der Waals surface area (Å²) >= 11 is 0. The van der Waals surface area contributed by atoms with Crippen molar-refractivity contribution in [1.82, 2.24) is 0 Å². The molecule has 0 fully saturated rings. The van der Waals surface area contributed by atoms with Crippen LogP contribution in [0.5, 0.6) is 0 Å². The van der Waals surface area contributed by atoms with Gasteiger partial charge in [0.1, 0.15) is 6.10 Å². The van der Waals surface area contributed by atoms with E-state index in [4.69, 9.17) is 4.74 Å². The van der Waals surface area contributed by atoms with E-state index in [-0.39, 0.29) is 12.5 Å². The van der Waals surface area contributed by atoms with Crippen molar-refractivity contribution in [3.05, 3.63) is 48.0 Å². The fraction of sp³-hybridized carbons (Fsp3) is 0.500. The number of nitrogens with zero attached hydrogens (tertiary/aromatic N) is 1. The molecule has 1 rings (SSSR count). The van der Waals surface area contributed by atoms with E-state index in [1.54, 1.807) is 19.1 Å². The largest absolute Gasteiger partial charge is 0.468 e. The number of aliphatic imine (C=N–C) groups is 1. The first-order valence-corrected chi connectivity index (χ1v) is 7.78. The summed E-state index contributed by atoms with van der Waals surface area (Å²) in [4.78, 5) is 3.66. The minimum Gasteiger partial charge on any atom is -0.467 e. The Balaban J connectivity index is 2.76. The Hall–Kier alpha value is -1.78. The zero-order chi connectivity index (χ0) is 17.3. The molecular formula is C18H24F3NO. The monoisotopic (exact) mass is 327 g/mol. The van der Waals surface area contributed by atoms with Crippen molar-refractivity contribution in [2.75, 3.05) is 6.54 Å². The van der Waals surface area contributed by atoms with E-state index in [0.29, 0.717) is 12.8 Å². The maximum absolute atomic E-state index is 13.1. The molecule has 1 aromatic carbocycles. The molecule has 0 saturated heterocycles. The molecule has 0 N–H and O–H groups in total. The molecule has 0 unspecified atom stereocenters. The van der Waals surface area contributed by atoms with Crippen molar-refractivity contribution in [2.45, 2.75) is 45.9 Å². The lowest BCUT2D eigenvalue weighted by atomic mass is 10.1. The predicted molar refractivity (Wildman–Crippen MR) is 87.6 cm³/mol. The molecule has 0 spiro atoms. The molecular weight excluding hydrogens is 303 g/mol. The van der Waals surface area contributed by atoms with E-state index in [1.807, 2.05) is 44.2 Å². The van der Waals surface area contributed by atoms with Crippen molar-refractivity contribution in [3.63, 3.8) is 0 Å². The fourth-order valence-electron chi connectivity index (χ4n) is 2.11. The van der Waals surface area contributed by atoms with Crippen molar-refractivity contribution >= 4 is 5.90 Å². The second kappa shape index (κ2) is 9.38. The summed E-state index contributed by atoms with van der Waals surface area (Å²) in [6, 6.07) is 9.30. The van der Waals surface area contributed by atoms with Gasteiger partial charge in [0.05, 0.1) is 0 Å². The summed E-state index contributed by atoms with van der Waals surface area (Å²) in [7, 11) is 0. The van der Waals surface area contributed by atoms with Gasteiger partial charge in [0, 0.05) is 6.54 Å². The number of hydrogen-bond acceptors (Lipinski definition) is 2. The number of rotatable bonds is 7.